The molecule has 1 aliphatic carbocycles. The van der Waals surface area contributed by atoms with Gasteiger partial charge in [0.25, 0.3) is 0 Å². The second kappa shape index (κ2) is 4.79. The summed E-state index contributed by atoms with van der Waals surface area (Å²) in [5.74, 6) is 1.65. The zero-order valence-corrected chi connectivity index (χ0v) is 12.0. The highest BCUT2D eigenvalue weighted by Crippen LogP contribution is 2.40. The lowest BCUT2D eigenvalue weighted by molar-refractivity contribution is 0.213. The van der Waals surface area contributed by atoms with Crippen LogP contribution in [0.3, 0.4) is 0 Å². The summed E-state index contributed by atoms with van der Waals surface area (Å²) in [6.07, 6.45) is 4.57. The van der Waals surface area contributed by atoms with Crippen molar-refractivity contribution in [2.24, 2.45) is 0 Å². The lowest BCUT2D eigenvalue weighted by Crippen LogP contribution is -2.18. The molecule has 1 aromatic rings. The fraction of sp³-hybridized carbons (Fsp3) is 0.667. The van der Waals surface area contributed by atoms with Crippen molar-refractivity contribution in [3.63, 3.8) is 0 Å². The summed E-state index contributed by atoms with van der Waals surface area (Å²) in [5, 5.41) is 0. The zero-order valence-electron chi connectivity index (χ0n) is 12.0. The molecule has 3 nitrogen and oxygen atoms in total. The molecule has 3 heteroatoms. The Morgan fingerprint density at radius 3 is 2.44 bits per heavy atom. The average molecular weight is 249 g/mol. The first-order valence-corrected chi connectivity index (χ1v) is 6.70. The molecule has 1 aliphatic rings. The van der Waals surface area contributed by atoms with Crippen molar-refractivity contribution >= 4 is 0 Å². The van der Waals surface area contributed by atoms with Crippen LogP contribution in [0.5, 0.6) is 11.5 Å². The summed E-state index contributed by atoms with van der Waals surface area (Å²) in [4.78, 5) is 4.49. The molecule has 0 unspecified atom stereocenters. The Morgan fingerprint density at radius 1 is 1.28 bits per heavy atom. The number of hydrogen-bond acceptors (Lipinski definition) is 3. The molecule has 0 atom stereocenters. The van der Waals surface area contributed by atoms with Crippen LogP contribution in [0.1, 0.15) is 53.2 Å². The van der Waals surface area contributed by atoms with E-state index in [-0.39, 0.29) is 11.5 Å². The third-order valence-electron chi connectivity index (χ3n) is 2.75. The molecule has 18 heavy (non-hydrogen) atoms. The minimum atomic E-state index is -0.0411. The maximum absolute atomic E-state index is 6.03. The minimum absolute atomic E-state index is 0.0411. The van der Waals surface area contributed by atoms with Crippen molar-refractivity contribution in [3.8, 4) is 11.5 Å². The Morgan fingerprint density at radius 2 is 1.94 bits per heavy atom. The first-order chi connectivity index (χ1) is 8.38. The van der Waals surface area contributed by atoms with Gasteiger partial charge in [-0.15, -0.1) is 0 Å². The molecular formula is C15H23NO2. The summed E-state index contributed by atoms with van der Waals surface area (Å²) in [5.41, 5.74) is 0.938. The SMILES string of the molecule is CC(C)Oc1ccnc(C(C)(C)C)c1OC1CC1. The fourth-order valence-corrected chi connectivity index (χ4v) is 1.78. The van der Waals surface area contributed by atoms with Gasteiger partial charge in [0, 0.05) is 17.7 Å². The van der Waals surface area contributed by atoms with Crippen LogP contribution in [0.4, 0.5) is 0 Å². The van der Waals surface area contributed by atoms with Crippen molar-refractivity contribution in [2.45, 2.75) is 65.1 Å². The number of aromatic nitrogens is 1. The van der Waals surface area contributed by atoms with Crippen molar-refractivity contribution in [2.75, 3.05) is 0 Å². The van der Waals surface area contributed by atoms with Crippen LogP contribution in [0, 0.1) is 0 Å². The van der Waals surface area contributed by atoms with Crippen molar-refractivity contribution in [1.82, 2.24) is 4.98 Å². The number of ether oxygens (including phenoxy) is 2. The second-order valence-electron chi connectivity index (χ2n) is 6.22. The molecule has 0 spiro atoms. The van der Waals surface area contributed by atoms with Crippen LogP contribution in [0.25, 0.3) is 0 Å². The monoisotopic (exact) mass is 249 g/mol. The first-order valence-electron chi connectivity index (χ1n) is 6.70. The fourth-order valence-electron chi connectivity index (χ4n) is 1.78. The Hall–Kier alpha value is -1.25. The predicted molar refractivity (Wildman–Crippen MR) is 72.4 cm³/mol. The lowest BCUT2D eigenvalue weighted by Gasteiger charge is -2.24. The molecule has 0 radical (unpaired) electrons. The van der Waals surface area contributed by atoms with E-state index in [2.05, 4.69) is 25.8 Å². The van der Waals surface area contributed by atoms with E-state index in [0.29, 0.717) is 6.10 Å². The van der Waals surface area contributed by atoms with E-state index < -0.39 is 0 Å². The molecule has 0 aliphatic heterocycles. The van der Waals surface area contributed by atoms with E-state index in [9.17, 15) is 0 Å². The minimum Gasteiger partial charge on any atom is -0.487 e. The van der Waals surface area contributed by atoms with Gasteiger partial charge in [-0.3, -0.25) is 4.98 Å². The van der Waals surface area contributed by atoms with E-state index in [0.717, 1.165) is 30.0 Å². The lowest BCUT2D eigenvalue weighted by atomic mass is 9.90. The van der Waals surface area contributed by atoms with Gasteiger partial charge >= 0.3 is 0 Å². The molecular weight excluding hydrogens is 226 g/mol. The number of hydrogen-bond donors (Lipinski definition) is 0. The topological polar surface area (TPSA) is 31.4 Å². The van der Waals surface area contributed by atoms with Crippen LogP contribution in [-0.4, -0.2) is 17.2 Å². The van der Waals surface area contributed by atoms with Gasteiger partial charge in [-0.25, -0.2) is 0 Å². The average Bonchev–Trinajstić information content (AvgIpc) is 3.02. The summed E-state index contributed by atoms with van der Waals surface area (Å²) >= 11 is 0. The molecule has 0 amide bonds. The number of rotatable bonds is 4. The molecule has 0 aromatic carbocycles. The molecule has 1 saturated carbocycles. The summed E-state index contributed by atoms with van der Waals surface area (Å²) < 4.78 is 11.9. The molecule has 100 valence electrons. The quantitative estimate of drug-likeness (QED) is 0.815. The highest BCUT2D eigenvalue weighted by Gasteiger charge is 2.30. The van der Waals surface area contributed by atoms with Crippen LogP contribution in [0.15, 0.2) is 12.3 Å². The standard InChI is InChI=1S/C15H23NO2/c1-10(2)17-12-8-9-16-14(15(3,4)5)13(12)18-11-6-7-11/h8-11H,6-7H2,1-5H3. The maximum atomic E-state index is 6.03. The van der Waals surface area contributed by atoms with Gasteiger partial charge in [0.05, 0.1) is 17.9 Å². The third-order valence-corrected chi connectivity index (χ3v) is 2.75. The number of pyridine rings is 1. The van der Waals surface area contributed by atoms with Crippen LogP contribution >= 0.6 is 0 Å². The molecule has 0 bridgehead atoms. The van der Waals surface area contributed by atoms with Crippen molar-refractivity contribution < 1.29 is 9.47 Å². The van der Waals surface area contributed by atoms with Gasteiger partial charge in [0.1, 0.15) is 0 Å². The van der Waals surface area contributed by atoms with Gasteiger partial charge in [-0.05, 0) is 26.7 Å². The summed E-state index contributed by atoms with van der Waals surface area (Å²) in [7, 11) is 0. The molecule has 1 heterocycles. The third kappa shape index (κ3) is 3.15. The first kappa shape index (κ1) is 13.2. The highest BCUT2D eigenvalue weighted by atomic mass is 16.5. The molecule has 0 N–H and O–H groups in total. The van der Waals surface area contributed by atoms with Crippen LogP contribution in [-0.2, 0) is 5.41 Å². The van der Waals surface area contributed by atoms with Crippen molar-refractivity contribution in [1.29, 1.82) is 0 Å². The van der Waals surface area contributed by atoms with Gasteiger partial charge in [-0.2, -0.15) is 0 Å². The normalized spacial score (nSPS) is 15.9. The molecule has 0 saturated heterocycles. The molecule has 1 fully saturated rings. The predicted octanol–water partition coefficient (Wildman–Crippen LogP) is 3.71. The van der Waals surface area contributed by atoms with E-state index in [4.69, 9.17) is 9.47 Å². The second-order valence-corrected chi connectivity index (χ2v) is 6.22. The van der Waals surface area contributed by atoms with Crippen LogP contribution < -0.4 is 9.47 Å². The van der Waals surface area contributed by atoms with Gasteiger partial charge in [0.15, 0.2) is 11.5 Å². The van der Waals surface area contributed by atoms with E-state index in [1.165, 1.54) is 0 Å². The Labute approximate surface area is 110 Å². The van der Waals surface area contributed by atoms with Crippen molar-refractivity contribution in [3.05, 3.63) is 18.0 Å². The smallest absolute Gasteiger partial charge is 0.183 e. The highest BCUT2D eigenvalue weighted by molar-refractivity contribution is 5.46. The van der Waals surface area contributed by atoms with Gasteiger partial charge < -0.3 is 9.47 Å². The summed E-state index contributed by atoms with van der Waals surface area (Å²) in [6.45, 7) is 10.5. The van der Waals surface area contributed by atoms with E-state index in [1.807, 2.05) is 19.9 Å². The Balaban J connectivity index is 2.38. The summed E-state index contributed by atoms with van der Waals surface area (Å²) in [6, 6.07) is 1.90. The Bertz CT molecular complexity index is 417. The van der Waals surface area contributed by atoms with Gasteiger partial charge in [0.2, 0.25) is 0 Å². The molecule has 2 rings (SSSR count). The Kier molecular flexibility index (Phi) is 3.51. The van der Waals surface area contributed by atoms with E-state index >= 15 is 0 Å². The van der Waals surface area contributed by atoms with Gasteiger partial charge in [-0.1, -0.05) is 20.8 Å². The van der Waals surface area contributed by atoms with E-state index in [1.54, 1.807) is 6.20 Å². The molecule has 1 aromatic heterocycles. The van der Waals surface area contributed by atoms with Crippen LogP contribution in [0.2, 0.25) is 0 Å². The maximum Gasteiger partial charge on any atom is 0.183 e. The largest absolute Gasteiger partial charge is 0.487 e. The number of nitrogens with zero attached hydrogens (tertiary/aromatic N) is 1. The zero-order chi connectivity index (χ0) is 13.3.